The Kier molecular flexibility index (Phi) is 7.16. The van der Waals surface area contributed by atoms with Crippen molar-refractivity contribution in [2.45, 2.75) is 19.9 Å². The van der Waals surface area contributed by atoms with Gasteiger partial charge in [0.25, 0.3) is 0 Å². The van der Waals surface area contributed by atoms with Gasteiger partial charge >= 0.3 is 0 Å². The van der Waals surface area contributed by atoms with E-state index in [0.29, 0.717) is 0 Å². The lowest BCUT2D eigenvalue weighted by molar-refractivity contribution is 0.199. The van der Waals surface area contributed by atoms with Gasteiger partial charge in [0.2, 0.25) is 0 Å². The Labute approximate surface area is 111 Å². The third-order valence-electron chi connectivity index (χ3n) is 2.38. The quantitative estimate of drug-likeness (QED) is 0.749. The van der Waals surface area contributed by atoms with Crippen LogP contribution in [0.5, 0.6) is 0 Å². The molecule has 1 aromatic heterocycles. The number of rotatable bonds is 8. The highest BCUT2D eigenvalue weighted by molar-refractivity contribution is 9.10. The minimum Gasteiger partial charge on any atom is -0.383 e. The first-order chi connectivity index (χ1) is 8.29. The standard InChI is InChI=1S/C12H20BrN3O/c1-3-16-12(11(13)10-15-16)6-4-5-7-14-8-9-17-2/h4,6,10,14H,3,5,7-9H2,1-2H3/b6-4+. The molecule has 0 saturated carbocycles. The predicted octanol–water partition coefficient (Wildman–Crippen LogP) is 2.30. The molecular formula is C12H20BrN3O. The van der Waals surface area contributed by atoms with Crippen molar-refractivity contribution in [3.8, 4) is 0 Å². The van der Waals surface area contributed by atoms with Crippen molar-refractivity contribution in [1.82, 2.24) is 15.1 Å². The van der Waals surface area contributed by atoms with E-state index in [9.17, 15) is 0 Å². The van der Waals surface area contributed by atoms with E-state index in [2.05, 4.69) is 45.4 Å². The Morgan fingerprint density at radius 3 is 3.06 bits per heavy atom. The largest absolute Gasteiger partial charge is 0.383 e. The second-order valence-electron chi connectivity index (χ2n) is 3.63. The molecule has 0 aromatic carbocycles. The molecule has 1 N–H and O–H groups in total. The van der Waals surface area contributed by atoms with Crippen LogP contribution in [0.15, 0.2) is 16.7 Å². The van der Waals surface area contributed by atoms with Gasteiger partial charge in [0, 0.05) is 20.2 Å². The van der Waals surface area contributed by atoms with E-state index in [1.807, 2.05) is 10.9 Å². The fourth-order valence-electron chi connectivity index (χ4n) is 1.47. The number of halogens is 1. The highest BCUT2D eigenvalue weighted by Crippen LogP contribution is 2.17. The second-order valence-corrected chi connectivity index (χ2v) is 4.48. The van der Waals surface area contributed by atoms with E-state index in [4.69, 9.17) is 4.74 Å². The van der Waals surface area contributed by atoms with Gasteiger partial charge in [-0.3, -0.25) is 4.68 Å². The molecule has 0 amide bonds. The number of ether oxygens (including phenoxy) is 1. The summed E-state index contributed by atoms with van der Waals surface area (Å²) >= 11 is 3.49. The molecule has 4 nitrogen and oxygen atoms in total. The van der Waals surface area contributed by atoms with Crippen LogP contribution < -0.4 is 5.32 Å². The molecule has 0 saturated heterocycles. The lowest BCUT2D eigenvalue weighted by atomic mass is 10.3. The number of aryl methyl sites for hydroxylation is 1. The van der Waals surface area contributed by atoms with Crippen LogP contribution in [0, 0.1) is 0 Å². The summed E-state index contributed by atoms with van der Waals surface area (Å²) in [5.41, 5.74) is 1.13. The summed E-state index contributed by atoms with van der Waals surface area (Å²) in [7, 11) is 1.71. The Hall–Kier alpha value is -0.650. The zero-order valence-electron chi connectivity index (χ0n) is 10.4. The normalized spacial score (nSPS) is 11.5. The minimum absolute atomic E-state index is 0.762. The van der Waals surface area contributed by atoms with E-state index in [1.165, 1.54) is 0 Å². The van der Waals surface area contributed by atoms with E-state index in [-0.39, 0.29) is 0 Å². The summed E-state index contributed by atoms with van der Waals surface area (Å²) in [6.07, 6.45) is 7.11. The molecule has 96 valence electrons. The fourth-order valence-corrected chi connectivity index (χ4v) is 1.90. The molecule has 0 radical (unpaired) electrons. The van der Waals surface area contributed by atoms with E-state index >= 15 is 0 Å². The number of hydrogen-bond donors (Lipinski definition) is 1. The molecule has 0 fully saturated rings. The van der Waals surface area contributed by atoms with Crippen molar-refractivity contribution in [3.05, 3.63) is 22.4 Å². The molecule has 5 heteroatoms. The van der Waals surface area contributed by atoms with Gasteiger partial charge in [-0.15, -0.1) is 0 Å². The van der Waals surface area contributed by atoms with Crippen LogP contribution in [0.1, 0.15) is 19.0 Å². The molecule has 17 heavy (non-hydrogen) atoms. The molecule has 0 spiro atoms. The average Bonchev–Trinajstić information content (AvgIpc) is 2.69. The zero-order chi connectivity index (χ0) is 12.5. The highest BCUT2D eigenvalue weighted by Gasteiger charge is 2.02. The summed E-state index contributed by atoms with van der Waals surface area (Å²) < 4.78 is 7.97. The van der Waals surface area contributed by atoms with Crippen molar-refractivity contribution in [2.75, 3.05) is 26.8 Å². The molecule has 0 unspecified atom stereocenters. The number of hydrogen-bond acceptors (Lipinski definition) is 3. The predicted molar refractivity (Wildman–Crippen MR) is 74.0 cm³/mol. The Morgan fingerprint density at radius 1 is 1.53 bits per heavy atom. The van der Waals surface area contributed by atoms with E-state index in [0.717, 1.165) is 42.8 Å². The van der Waals surface area contributed by atoms with Gasteiger partial charge < -0.3 is 10.1 Å². The Balaban J connectivity index is 2.30. The molecular weight excluding hydrogens is 282 g/mol. The molecule has 0 bridgehead atoms. The number of nitrogens with one attached hydrogen (secondary N) is 1. The molecule has 1 rings (SSSR count). The number of methoxy groups -OCH3 is 1. The van der Waals surface area contributed by atoms with Gasteiger partial charge in [-0.25, -0.2) is 0 Å². The van der Waals surface area contributed by atoms with Crippen LogP contribution in [0.25, 0.3) is 6.08 Å². The van der Waals surface area contributed by atoms with Crippen molar-refractivity contribution < 1.29 is 4.74 Å². The van der Waals surface area contributed by atoms with Crippen LogP contribution in [-0.2, 0) is 11.3 Å². The summed E-state index contributed by atoms with van der Waals surface area (Å²) in [4.78, 5) is 0. The molecule has 0 atom stereocenters. The maximum atomic E-state index is 4.95. The Morgan fingerprint density at radius 2 is 2.35 bits per heavy atom. The van der Waals surface area contributed by atoms with Crippen molar-refractivity contribution >= 4 is 22.0 Å². The first-order valence-electron chi connectivity index (χ1n) is 5.87. The topological polar surface area (TPSA) is 39.1 Å². The van der Waals surface area contributed by atoms with Crippen molar-refractivity contribution in [1.29, 1.82) is 0 Å². The minimum atomic E-state index is 0.762. The molecule has 0 aliphatic heterocycles. The van der Waals surface area contributed by atoms with Gasteiger partial charge in [-0.05, 0) is 41.9 Å². The molecule has 0 aliphatic carbocycles. The van der Waals surface area contributed by atoms with Gasteiger partial charge in [-0.1, -0.05) is 6.08 Å². The Bertz CT molecular complexity index is 350. The third-order valence-corrected chi connectivity index (χ3v) is 2.99. The van der Waals surface area contributed by atoms with Crippen molar-refractivity contribution in [2.24, 2.45) is 0 Å². The summed E-state index contributed by atoms with van der Waals surface area (Å²) in [5, 5.41) is 7.56. The summed E-state index contributed by atoms with van der Waals surface area (Å²) in [6, 6.07) is 0. The van der Waals surface area contributed by atoms with Gasteiger partial charge in [0.15, 0.2) is 0 Å². The SMILES string of the molecule is CCn1ncc(Br)c1/C=C/CCNCCOC. The number of aromatic nitrogens is 2. The van der Waals surface area contributed by atoms with Crippen molar-refractivity contribution in [3.63, 3.8) is 0 Å². The average molecular weight is 302 g/mol. The first-order valence-corrected chi connectivity index (χ1v) is 6.66. The monoisotopic (exact) mass is 301 g/mol. The maximum Gasteiger partial charge on any atom is 0.0748 e. The zero-order valence-corrected chi connectivity index (χ0v) is 12.0. The van der Waals surface area contributed by atoms with Crippen LogP contribution >= 0.6 is 15.9 Å². The van der Waals surface area contributed by atoms with Gasteiger partial charge in [0.05, 0.1) is 23.0 Å². The van der Waals surface area contributed by atoms with Crippen LogP contribution in [0.2, 0.25) is 0 Å². The third kappa shape index (κ3) is 5.02. The van der Waals surface area contributed by atoms with Gasteiger partial charge in [-0.2, -0.15) is 5.10 Å². The van der Waals surface area contributed by atoms with E-state index < -0.39 is 0 Å². The smallest absolute Gasteiger partial charge is 0.0748 e. The number of nitrogens with zero attached hydrogens (tertiary/aromatic N) is 2. The van der Waals surface area contributed by atoms with Crippen LogP contribution in [-0.4, -0.2) is 36.6 Å². The lowest BCUT2D eigenvalue weighted by Crippen LogP contribution is -2.19. The van der Waals surface area contributed by atoms with Crippen LogP contribution in [0.3, 0.4) is 0 Å². The van der Waals surface area contributed by atoms with Gasteiger partial charge in [0.1, 0.15) is 0 Å². The fraction of sp³-hybridized carbons (Fsp3) is 0.583. The molecule has 1 aromatic rings. The first kappa shape index (κ1) is 14.4. The second kappa shape index (κ2) is 8.44. The van der Waals surface area contributed by atoms with Crippen LogP contribution in [0.4, 0.5) is 0 Å². The van der Waals surface area contributed by atoms with E-state index in [1.54, 1.807) is 7.11 Å². The molecule has 0 aliphatic rings. The summed E-state index contributed by atoms with van der Waals surface area (Å²) in [5.74, 6) is 0. The highest BCUT2D eigenvalue weighted by atomic mass is 79.9. The lowest BCUT2D eigenvalue weighted by Gasteiger charge is -2.01. The maximum absolute atomic E-state index is 4.95. The summed E-state index contributed by atoms with van der Waals surface area (Å²) in [6.45, 7) is 5.61. The molecule has 1 heterocycles.